The van der Waals surface area contributed by atoms with Crippen molar-refractivity contribution >= 4 is 29.3 Å². The molecule has 0 N–H and O–H groups in total. The molecule has 2 aliphatic rings. The normalized spacial score (nSPS) is 15.9. The van der Waals surface area contributed by atoms with Crippen LogP contribution in [-0.4, -0.2) is 76.0 Å². The number of imide groups is 1. The van der Waals surface area contributed by atoms with Crippen molar-refractivity contribution in [3.05, 3.63) is 74.8 Å². The van der Waals surface area contributed by atoms with Crippen LogP contribution in [0.4, 0.5) is 18.9 Å². The molecule has 0 atom stereocenters. The van der Waals surface area contributed by atoms with E-state index < -0.39 is 52.5 Å². The maximum atomic E-state index is 12.9. The van der Waals surface area contributed by atoms with E-state index in [2.05, 4.69) is 0 Å². The summed E-state index contributed by atoms with van der Waals surface area (Å²) in [6.07, 6.45) is -4.59. The van der Waals surface area contributed by atoms with Gasteiger partial charge in [-0.3, -0.25) is 34.2 Å². The summed E-state index contributed by atoms with van der Waals surface area (Å²) >= 11 is 0. The number of hydrogen-bond donors (Lipinski definition) is 0. The zero-order chi connectivity index (χ0) is 25.5. The molecule has 2 aromatic carbocycles. The predicted octanol–water partition coefficient (Wildman–Crippen LogP) is 2.19. The number of fused-ring (bicyclic) bond motifs is 1. The van der Waals surface area contributed by atoms with Crippen LogP contribution in [0.3, 0.4) is 0 Å². The number of carbonyl (C=O) groups excluding carboxylic acids is 4. The van der Waals surface area contributed by atoms with E-state index in [0.29, 0.717) is 4.90 Å². The molecule has 182 valence electrons. The Kier molecular flexibility index (Phi) is 6.01. The zero-order valence-electron chi connectivity index (χ0n) is 17.9. The number of rotatable bonds is 4. The highest BCUT2D eigenvalue weighted by atomic mass is 19.4. The number of nitrogens with zero attached hydrogens (tertiary/aromatic N) is 4. The first kappa shape index (κ1) is 23.9. The van der Waals surface area contributed by atoms with E-state index >= 15 is 0 Å². The monoisotopic (exact) mass is 490 g/mol. The number of benzene rings is 2. The number of nitro groups is 1. The van der Waals surface area contributed by atoms with Crippen LogP contribution in [0.1, 0.15) is 36.6 Å². The lowest BCUT2D eigenvalue weighted by molar-refractivity contribution is -0.385. The van der Waals surface area contributed by atoms with Crippen LogP contribution in [0.25, 0.3) is 0 Å². The molecule has 2 aliphatic heterocycles. The van der Waals surface area contributed by atoms with E-state index in [1.807, 2.05) is 0 Å². The predicted molar refractivity (Wildman–Crippen MR) is 112 cm³/mol. The first-order valence-corrected chi connectivity index (χ1v) is 10.4. The van der Waals surface area contributed by atoms with Crippen molar-refractivity contribution in [1.82, 2.24) is 14.7 Å². The minimum atomic E-state index is -4.59. The highest BCUT2D eigenvalue weighted by Crippen LogP contribution is 2.31. The summed E-state index contributed by atoms with van der Waals surface area (Å²) in [7, 11) is 0. The van der Waals surface area contributed by atoms with E-state index in [9.17, 15) is 42.5 Å². The molecular weight excluding hydrogens is 473 g/mol. The second kappa shape index (κ2) is 8.81. The summed E-state index contributed by atoms with van der Waals surface area (Å²) in [5.74, 6) is -2.98. The van der Waals surface area contributed by atoms with Crippen molar-refractivity contribution in [2.45, 2.75) is 6.18 Å². The van der Waals surface area contributed by atoms with Crippen molar-refractivity contribution in [3.8, 4) is 0 Å². The fourth-order valence-electron chi connectivity index (χ4n) is 4.02. The largest absolute Gasteiger partial charge is 0.416 e. The molecule has 0 aliphatic carbocycles. The number of hydrogen-bond acceptors (Lipinski definition) is 6. The van der Waals surface area contributed by atoms with Crippen molar-refractivity contribution in [2.24, 2.45) is 0 Å². The number of carbonyl (C=O) groups is 4. The second-order valence-electron chi connectivity index (χ2n) is 7.90. The summed E-state index contributed by atoms with van der Waals surface area (Å²) in [5.41, 5.74) is -2.14. The molecule has 0 bridgehead atoms. The van der Waals surface area contributed by atoms with Crippen molar-refractivity contribution in [3.63, 3.8) is 0 Å². The third kappa shape index (κ3) is 4.44. The van der Waals surface area contributed by atoms with E-state index in [4.69, 9.17) is 0 Å². The topological polar surface area (TPSA) is 121 Å². The maximum Gasteiger partial charge on any atom is 0.416 e. The quantitative estimate of drug-likeness (QED) is 0.368. The molecule has 0 unspecified atom stereocenters. The lowest BCUT2D eigenvalue weighted by atomic mass is 10.1. The summed E-state index contributed by atoms with van der Waals surface area (Å²) in [6.45, 7) is -0.492. The molecule has 0 aromatic heterocycles. The Morgan fingerprint density at radius 2 is 1.57 bits per heavy atom. The average molecular weight is 490 g/mol. The highest BCUT2D eigenvalue weighted by molar-refractivity contribution is 6.24. The number of alkyl halides is 3. The van der Waals surface area contributed by atoms with Crippen molar-refractivity contribution in [2.75, 3.05) is 32.7 Å². The maximum absolute atomic E-state index is 12.9. The van der Waals surface area contributed by atoms with Crippen LogP contribution < -0.4 is 0 Å². The molecule has 0 radical (unpaired) electrons. The molecule has 1 saturated heterocycles. The summed E-state index contributed by atoms with van der Waals surface area (Å²) < 4.78 is 38.8. The molecule has 10 nitrogen and oxygen atoms in total. The van der Waals surface area contributed by atoms with E-state index in [-0.39, 0.29) is 42.9 Å². The van der Waals surface area contributed by atoms with Gasteiger partial charge in [0.1, 0.15) is 12.1 Å². The van der Waals surface area contributed by atoms with Gasteiger partial charge in [-0.05, 0) is 24.3 Å². The molecule has 2 aromatic rings. The first-order chi connectivity index (χ1) is 16.5. The Bertz CT molecular complexity index is 1250. The molecule has 35 heavy (non-hydrogen) atoms. The minimum Gasteiger partial charge on any atom is -0.338 e. The lowest BCUT2D eigenvalue weighted by Gasteiger charge is -2.35. The Balaban J connectivity index is 1.39. The van der Waals surface area contributed by atoms with Gasteiger partial charge in [-0.15, -0.1) is 0 Å². The van der Waals surface area contributed by atoms with Crippen LogP contribution in [0.5, 0.6) is 0 Å². The highest BCUT2D eigenvalue weighted by Gasteiger charge is 2.42. The van der Waals surface area contributed by atoms with E-state index in [1.54, 1.807) is 0 Å². The van der Waals surface area contributed by atoms with Gasteiger partial charge in [-0.1, -0.05) is 12.1 Å². The van der Waals surface area contributed by atoms with Crippen LogP contribution in [0.2, 0.25) is 0 Å². The second-order valence-corrected chi connectivity index (χ2v) is 7.90. The fourth-order valence-corrected chi connectivity index (χ4v) is 4.02. The standard InChI is InChI=1S/C22H17F3N4O6/c23-22(24,25)14-4-1-3-13(11-14)19(31)27-9-7-26(8-10-27)17(30)12-28-20(32)15-5-2-6-16(29(34)35)18(15)21(28)33/h1-6,11H,7-10,12H2. The molecule has 0 spiro atoms. The SMILES string of the molecule is O=C(CN1C(=O)c2cccc([N+](=O)[O-])c2C1=O)N1CCN(C(=O)c2cccc(C(F)(F)F)c2)CC1. The summed E-state index contributed by atoms with van der Waals surface area (Å²) in [6, 6.07) is 7.68. The smallest absolute Gasteiger partial charge is 0.338 e. The van der Waals surface area contributed by atoms with Gasteiger partial charge in [0.25, 0.3) is 23.4 Å². The Morgan fingerprint density at radius 1 is 0.943 bits per heavy atom. The number of halogens is 3. The molecule has 1 fully saturated rings. The van der Waals surface area contributed by atoms with E-state index in [1.165, 1.54) is 28.0 Å². The Morgan fingerprint density at radius 3 is 2.20 bits per heavy atom. The van der Waals surface area contributed by atoms with Gasteiger partial charge < -0.3 is 9.80 Å². The minimum absolute atomic E-state index is 0.0346. The molecule has 4 rings (SSSR count). The summed E-state index contributed by atoms with van der Waals surface area (Å²) in [4.78, 5) is 64.3. The lowest BCUT2D eigenvalue weighted by Crippen LogP contribution is -2.53. The number of amides is 4. The molecular formula is C22H17F3N4O6. The van der Waals surface area contributed by atoms with Crippen LogP contribution in [-0.2, 0) is 11.0 Å². The molecule has 0 saturated carbocycles. The third-order valence-corrected chi connectivity index (χ3v) is 5.82. The van der Waals surface area contributed by atoms with Crippen molar-refractivity contribution < 1.29 is 37.3 Å². The third-order valence-electron chi connectivity index (χ3n) is 5.82. The Hall–Kier alpha value is -4.29. The van der Waals surface area contributed by atoms with Gasteiger partial charge in [0.15, 0.2) is 0 Å². The van der Waals surface area contributed by atoms with Gasteiger partial charge in [0.2, 0.25) is 5.91 Å². The Labute approximate surface area is 195 Å². The molecule has 4 amide bonds. The van der Waals surface area contributed by atoms with Gasteiger partial charge in [0, 0.05) is 37.8 Å². The van der Waals surface area contributed by atoms with Gasteiger partial charge in [0.05, 0.1) is 16.1 Å². The van der Waals surface area contributed by atoms with Crippen molar-refractivity contribution in [1.29, 1.82) is 0 Å². The molecule has 2 heterocycles. The molecule has 13 heteroatoms. The zero-order valence-corrected chi connectivity index (χ0v) is 17.9. The van der Waals surface area contributed by atoms with Gasteiger partial charge in [-0.2, -0.15) is 13.2 Å². The number of nitro benzene ring substituents is 1. The summed E-state index contributed by atoms with van der Waals surface area (Å²) in [5, 5.41) is 11.2. The van der Waals surface area contributed by atoms with Crippen LogP contribution in [0, 0.1) is 10.1 Å². The average Bonchev–Trinajstić information content (AvgIpc) is 3.08. The van der Waals surface area contributed by atoms with Crippen LogP contribution >= 0.6 is 0 Å². The first-order valence-electron chi connectivity index (χ1n) is 10.4. The van der Waals surface area contributed by atoms with Gasteiger partial charge in [-0.25, -0.2) is 0 Å². The fraction of sp³-hybridized carbons (Fsp3) is 0.273. The number of piperazine rings is 1. The van der Waals surface area contributed by atoms with E-state index in [0.717, 1.165) is 24.3 Å². The van der Waals surface area contributed by atoms with Gasteiger partial charge >= 0.3 is 6.18 Å². The van der Waals surface area contributed by atoms with Crippen LogP contribution in [0.15, 0.2) is 42.5 Å².